The van der Waals surface area contributed by atoms with Crippen molar-refractivity contribution in [1.29, 1.82) is 0 Å². The van der Waals surface area contributed by atoms with Gasteiger partial charge in [0.1, 0.15) is 4.90 Å². The van der Waals surface area contributed by atoms with Gasteiger partial charge in [-0.05, 0) is 25.8 Å². The lowest BCUT2D eigenvalue weighted by molar-refractivity contribution is 0.0173. The second kappa shape index (κ2) is 5.52. The number of rotatable bonds is 3. The molecule has 100 valence electrons. The Kier molecular flexibility index (Phi) is 4.21. The van der Waals surface area contributed by atoms with Gasteiger partial charge in [-0.3, -0.25) is 4.98 Å². The molecule has 1 saturated heterocycles. The van der Waals surface area contributed by atoms with Crippen molar-refractivity contribution in [3.05, 3.63) is 23.5 Å². The third kappa shape index (κ3) is 3.20. The van der Waals surface area contributed by atoms with Crippen LogP contribution in [0.4, 0.5) is 0 Å². The molecule has 1 aliphatic rings. The fraction of sp³-hybridized carbons (Fsp3) is 0.545. The lowest BCUT2D eigenvalue weighted by atomic mass is 10.1. The molecule has 2 atom stereocenters. The van der Waals surface area contributed by atoms with Crippen molar-refractivity contribution in [1.82, 2.24) is 9.71 Å². The second-order valence-corrected chi connectivity index (χ2v) is 6.42. The molecule has 1 aliphatic heterocycles. The molecule has 1 aromatic heterocycles. The third-order valence-electron chi connectivity index (χ3n) is 2.83. The zero-order valence-electron chi connectivity index (χ0n) is 9.97. The molecule has 0 spiro atoms. The van der Waals surface area contributed by atoms with E-state index in [1.807, 2.05) is 6.92 Å². The molecule has 18 heavy (non-hydrogen) atoms. The Morgan fingerprint density at radius 2 is 2.33 bits per heavy atom. The summed E-state index contributed by atoms with van der Waals surface area (Å²) in [6.07, 6.45) is 4.11. The van der Waals surface area contributed by atoms with Crippen molar-refractivity contribution in [2.75, 3.05) is 6.61 Å². The molecule has 0 amide bonds. The summed E-state index contributed by atoms with van der Waals surface area (Å²) >= 11 is 5.87. The molecule has 0 aliphatic carbocycles. The number of nitrogens with one attached hydrogen (secondary N) is 1. The Morgan fingerprint density at radius 1 is 1.56 bits per heavy atom. The van der Waals surface area contributed by atoms with Crippen LogP contribution >= 0.6 is 11.6 Å². The highest BCUT2D eigenvalue weighted by Gasteiger charge is 2.26. The topological polar surface area (TPSA) is 68.3 Å². The van der Waals surface area contributed by atoms with Crippen LogP contribution < -0.4 is 4.72 Å². The normalized spacial score (nSPS) is 25.0. The van der Waals surface area contributed by atoms with Crippen molar-refractivity contribution in [2.24, 2.45) is 0 Å². The van der Waals surface area contributed by atoms with Crippen molar-refractivity contribution in [2.45, 2.75) is 36.8 Å². The minimum absolute atomic E-state index is 0.0193. The first-order valence-corrected chi connectivity index (χ1v) is 7.58. The van der Waals surface area contributed by atoms with E-state index in [1.165, 1.54) is 18.5 Å². The van der Waals surface area contributed by atoms with Gasteiger partial charge in [-0.25, -0.2) is 13.1 Å². The van der Waals surface area contributed by atoms with Crippen LogP contribution in [0.2, 0.25) is 5.02 Å². The molecule has 2 heterocycles. The van der Waals surface area contributed by atoms with Gasteiger partial charge < -0.3 is 4.74 Å². The van der Waals surface area contributed by atoms with E-state index in [4.69, 9.17) is 16.3 Å². The molecule has 1 N–H and O–H groups in total. The van der Waals surface area contributed by atoms with E-state index < -0.39 is 10.0 Å². The molecule has 1 fully saturated rings. The minimum atomic E-state index is -3.61. The lowest BCUT2D eigenvalue weighted by Gasteiger charge is -2.27. The molecule has 0 saturated carbocycles. The number of sulfonamides is 1. The molecule has 0 aromatic carbocycles. The fourth-order valence-electron chi connectivity index (χ4n) is 1.95. The molecular weight excluding hydrogens is 276 g/mol. The second-order valence-electron chi connectivity index (χ2n) is 4.33. The quantitative estimate of drug-likeness (QED) is 0.918. The van der Waals surface area contributed by atoms with E-state index in [2.05, 4.69) is 9.71 Å². The number of ether oxygens (including phenoxy) is 1. The maximum absolute atomic E-state index is 12.2. The predicted octanol–water partition coefficient (Wildman–Crippen LogP) is 1.58. The average Bonchev–Trinajstić information content (AvgIpc) is 2.28. The molecule has 1 aromatic rings. The number of nitrogens with zero attached hydrogens (tertiary/aromatic N) is 1. The molecule has 0 bridgehead atoms. The Hall–Kier alpha value is -0.690. The van der Waals surface area contributed by atoms with Crippen LogP contribution in [0.3, 0.4) is 0 Å². The van der Waals surface area contributed by atoms with Gasteiger partial charge in [-0.15, -0.1) is 0 Å². The van der Waals surface area contributed by atoms with E-state index >= 15 is 0 Å². The Balaban J connectivity index is 2.15. The molecule has 2 unspecified atom stereocenters. The van der Waals surface area contributed by atoms with E-state index in [9.17, 15) is 8.42 Å². The van der Waals surface area contributed by atoms with Crippen LogP contribution in [0.15, 0.2) is 23.4 Å². The predicted molar refractivity (Wildman–Crippen MR) is 68.0 cm³/mol. The van der Waals surface area contributed by atoms with Gasteiger partial charge in [0, 0.05) is 25.0 Å². The average molecular weight is 291 g/mol. The van der Waals surface area contributed by atoms with E-state index in [-0.39, 0.29) is 22.1 Å². The lowest BCUT2D eigenvalue weighted by Crippen LogP contribution is -2.41. The fourth-order valence-corrected chi connectivity index (χ4v) is 3.66. The van der Waals surface area contributed by atoms with Gasteiger partial charge in [0.25, 0.3) is 0 Å². The first-order valence-electron chi connectivity index (χ1n) is 5.72. The van der Waals surface area contributed by atoms with Gasteiger partial charge in [0.15, 0.2) is 0 Å². The maximum Gasteiger partial charge on any atom is 0.243 e. The monoisotopic (exact) mass is 290 g/mol. The SMILES string of the molecule is CC1CC(NS(=O)(=O)c2cnccc2Cl)CCO1. The van der Waals surface area contributed by atoms with E-state index in [0.717, 1.165) is 0 Å². The molecule has 5 nitrogen and oxygen atoms in total. The summed E-state index contributed by atoms with van der Waals surface area (Å²) in [5, 5.41) is 0.178. The summed E-state index contributed by atoms with van der Waals surface area (Å²) < 4.78 is 32.3. The largest absolute Gasteiger partial charge is 0.378 e. The Morgan fingerprint density at radius 3 is 3.00 bits per heavy atom. The van der Waals surface area contributed by atoms with Gasteiger partial charge in [0.05, 0.1) is 11.1 Å². The number of aromatic nitrogens is 1. The maximum atomic E-state index is 12.2. The summed E-state index contributed by atoms with van der Waals surface area (Å²) in [6, 6.07) is 1.35. The number of hydrogen-bond acceptors (Lipinski definition) is 4. The minimum Gasteiger partial charge on any atom is -0.378 e. The van der Waals surface area contributed by atoms with Crippen LogP contribution in [0.5, 0.6) is 0 Å². The first kappa shape index (κ1) is 13.7. The van der Waals surface area contributed by atoms with Crippen LogP contribution in [0.25, 0.3) is 0 Å². The van der Waals surface area contributed by atoms with E-state index in [1.54, 1.807) is 0 Å². The number of halogens is 1. The van der Waals surface area contributed by atoms with Crippen molar-refractivity contribution in [3.63, 3.8) is 0 Å². The number of hydrogen-bond donors (Lipinski definition) is 1. The molecular formula is C11H15ClN2O3S. The number of pyridine rings is 1. The highest BCUT2D eigenvalue weighted by atomic mass is 35.5. The molecule has 2 rings (SSSR count). The Bertz CT molecular complexity index is 521. The van der Waals surface area contributed by atoms with Gasteiger partial charge in [0.2, 0.25) is 10.0 Å². The van der Waals surface area contributed by atoms with Crippen LogP contribution in [0.1, 0.15) is 19.8 Å². The highest BCUT2D eigenvalue weighted by Crippen LogP contribution is 2.21. The van der Waals surface area contributed by atoms with Crippen molar-refractivity contribution < 1.29 is 13.2 Å². The first-order chi connectivity index (χ1) is 8.49. The smallest absolute Gasteiger partial charge is 0.243 e. The van der Waals surface area contributed by atoms with Gasteiger partial charge in [-0.1, -0.05) is 11.6 Å². The third-order valence-corrected chi connectivity index (χ3v) is 4.82. The van der Waals surface area contributed by atoms with Crippen LogP contribution in [0, 0.1) is 0 Å². The molecule has 7 heteroatoms. The summed E-state index contributed by atoms with van der Waals surface area (Å²) in [5.41, 5.74) is 0. The van der Waals surface area contributed by atoms with Crippen molar-refractivity contribution >= 4 is 21.6 Å². The summed E-state index contributed by atoms with van der Waals surface area (Å²) in [7, 11) is -3.61. The summed E-state index contributed by atoms with van der Waals surface area (Å²) in [6.45, 7) is 2.49. The van der Waals surface area contributed by atoms with Gasteiger partial charge >= 0.3 is 0 Å². The van der Waals surface area contributed by atoms with E-state index in [0.29, 0.717) is 19.4 Å². The zero-order valence-corrected chi connectivity index (χ0v) is 11.5. The summed E-state index contributed by atoms with van der Waals surface area (Å²) in [4.78, 5) is 3.81. The Labute approximate surface area is 112 Å². The van der Waals surface area contributed by atoms with Crippen LogP contribution in [-0.2, 0) is 14.8 Å². The van der Waals surface area contributed by atoms with Crippen LogP contribution in [-0.4, -0.2) is 32.2 Å². The molecule has 0 radical (unpaired) electrons. The highest BCUT2D eigenvalue weighted by molar-refractivity contribution is 7.89. The van der Waals surface area contributed by atoms with Gasteiger partial charge in [-0.2, -0.15) is 0 Å². The zero-order chi connectivity index (χ0) is 13.2. The van der Waals surface area contributed by atoms with Crippen molar-refractivity contribution in [3.8, 4) is 0 Å². The standard InChI is InChI=1S/C11H15ClN2O3S/c1-8-6-9(3-5-17-8)14-18(15,16)11-7-13-4-2-10(11)12/h2,4,7-9,14H,3,5-6H2,1H3. The summed E-state index contributed by atoms with van der Waals surface area (Å²) in [5.74, 6) is 0.